The number of hydrogen-bond donors (Lipinski definition) is 0. The van der Waals surface area contributed by atoms with Gasteiger partial charge in [-0.3, -0.25) is 0 Å². The van der Waals surface area contributed by atoms with Gasteiger partial charge in [0.1, 0.15) is 0 Å². The Morgan fingerprint density at radius 3 is 1.00 bits per heavy atom. The van der Waals surface area contributed by atoms with Crippen LogP contribution in [-0.2, 0) is 50.9 Å². The molecule has 3 radical (unpaired) electrons. The zero-order valence-electron chi connectivity index (χ0n) is 1.73. The quantitative estimate of drug-likeness (QED) is 0.507. The van der Waals surface area contributed by atoms with Crippen molar-refractivity contribution in [2.75, 3.05) is 0 Å². The summed E-state index contributed by atoms with van der Waals surface area (Å²) in [6.07, 6.45) is 0. The van der Waals surface area contributed by atoms with E-state index in [4.69, 9.17) is 0 Å². The molecule has 0 heterocycles. The molecule has 0 aromatic carbocycles. The molecule has 0 N–H and O–H groups in total. The van der Waals surface area contributed by atoms with E-state index in [1.54, 1.807) is 0 Å². The van der Waals surface area contributed by atoms with Crippen molar-refractivity contribution in [1.29, 1.82) is 0 Å². The van der Waals surface area contributed by atoms with Crippen LogP contribution in [0.25, 0.3) is 0 Å². The normalized spacial score (nSPS) is 0. The molecule has 4 heavy (non-hydrogen) atoms. The predicted octanol–water partition coefficient (Wildman–Crippen LogP) is -0.924. The predicted molar refractivity (Wildman–Crippen MR) is 8.54 cm³/mol. The second kappa shape index (κ2) is 18.4. The summed E-state index contributed by atoms with van der Waals surface area (Å²) < 4.78 is 0. The zero-order valence-corrected chi connectivity index (χ0v) is 8.97. The van der Waals surface area contributed by atoms with Crippen LogP contribution in [0, 0.1) is 0 Å². The average molecular weight is 295 g/mol. The monoisotopic (exact) mass is 295 g/mol. The molecule has 0 saturated carbocycles. The summed E-state index contributed by atoms with van der Waals surface area (Å²) in [7, 11) is 0. The first-order valence-corrected chi connectivity index (χ1v) is 0. The third kappa shape index (κ3) is 8.84. The fourth-order valence-corrected chi connectivity index (χ4v) is 0. The van der Waals surface area contributed by atoms with Crippen molar-refractivity contribution in [1.82, 2.24) is 0 Å². The fraction of sp³-hybridized carbons (Fsp3) is 0. The van der Waals surface area contributed by atoms with Crippen LogP contribution in [-0.4, -0.2) is 23.9 Å². The second-order valence-electron chi connectivity index (χ2n) is 0. The number of hydrogen-bond acceptors (Lipinski definition) is 0. The van der Waals surface area contributed by atoms with E-state index >= 15 is 0 Å². The molecule has 0 aromatic heterocycles. The second-order valence-corrected chi connectivity index (χ2v) is 0. The first-order valence-electron chi connectivity index (χ1n) is 0. The Morgan fingerprint density at radius 2 is 1.00 bits per heavy atom. The Balaban J connectivity index is 0. The summed E-state index contributed by atoms with van der Waals surface area (Å²) in [5.74, 6) is 0. The molecule has 0 nitrogen and oxygen atoms in total. The van der Waals surface area contributed by atoms with Crippen molar-refractivity contribution < 1.29 is 50.9 Å². The zero-order chi connectivity index (χ0) is 0. The molecule has 4 heteroatoms. The molecular formula is H2CrCuNiSn. The van der Waals surface area contributed by atoms with Crippen molar-refractivity contribution in [3.05, 3.63) is 0 Å². The molecule has 0 unspecified atom stereocenters. The molecule has 0 aliphatic rings. The third-order valence-electron chi connectivity index (χ3n) is 0. The van der Waals surface area contributed by atoms with Crippen LogP contribution in [0.3, 0.4) is 0 Å². The van der Waals surface area contributed by atoms with Crippen molar-refractivity contribution in [3.63, 3.8) is 0 Å². The molecule has 0 rings (SSSR count). The Hall–Kier alpha value is 2.34. The fourth-order valence-electron chi connectivity index (χ4n) is 0. The van der Waals surface area contributed by atoms with E-state index in [1.807, 2.05) is 0 Å². The summed E-state index contributed by atoms with van der Waals surface area (Å²) in [6.45, 7) is 0. The van der Waals surface area contributed by atoms with Gasteiger partial charge in [0.25, 0.3) is 0 Å². The molecular weight excluding hydrogens is 293 g/mol. The van der Waals surface area contributed by atoms with E-state index in [0.717, 1.165) is 0 Å². The molecule has 0 aliphatic carbocycles. The summed E-state index contributed by atoms with van der Waals surface area (Å²) in [5, 5.41) is 0. The molecule has 0 atom stereocenters. The minimum absolute atomic E-state index is 0. The molecule has 0 saturated heterocycles. The van der Waals surface area contributed by atoms with Gasteiger partial charge in [0.05, 0.1) is 0 Å². The maximum absolute atomic E-state index is 0. The molecule has 0 amide bonds. The van der Waals surface area contributed by atoms with Crippen LogP contribution in [0.15, 0.2) is 0 Å². The van der Waals surface area contributed by atoms with Crippen LogP contribution in [0.4, 0.5) is 0 Å². The summed E-state index contributed by atoms with van der Waals surface area (Å²) >= 11 is 0. The first-order chi connectivity index (χ1) is 0. The molecule has 33 valence electrons. The average Bonchev–Trinajstić information content (AvgIpc) is 0. The van der Waals surface area contributed by atoms with Crippen LogP contribution in [0.1, 0.15) is 0 Å². The van der Waals surface area contributed by atoms with E-state index in [9.17, 15) is 0 Å². The van der Waals surface area contributed by atoms with Gasteiger partial charge >= 0.3 is 23.9 Å². The van der Waals surface area contributed by atoms with E-state index in [1.165, 1.54) is 0 Å². The Morgan fingerprint density at radius 1 is 1.00 bits per heavy atom. The maximum atomic E-state index is 0. The van der Waals surface area contributed by atoms with Crippen LogP contribution >= 0.6 is 0 Å². The Labute approximate surface area is 74.0 Å². The Bertz CT molecular complexity index is 8.00. The van der Waals surface area contributed by atoms with Gasteiger partial charge in [-0.25, -0.2) is 0 Å². The van der Waals surface area contributed by atoms with Gasteiger partial charge in [0.2, 0.25) is 0 Å². The third-order valence-corrected chi connectivity index (χ3v) is 0. The van der Waals surface area contributed by atoms with Crippen LogP contribution in [0.5, 0.6) is 0 Å². The molecule has 0 aromatic rings. The van der Waals surface area contributed by atoms with Gasteiger partial charge in [-0.2, -0.15) is 0 Å². The molecule has 0 fully saturated rings. The summed E-state index contributed by atoms with van der Waals surface area (Å²) in [5.41, 5.74) is 0. The molecule has 0 bridgehead atoms. The van der Waals surface area contributed by atoms with E-state index in [2.05, 4.69) is 0 Å². The standard InChI is InChI=1S/Cr.Cu.Ni.Sn.2H. The summed E-state index contributed by atoms with van der Waals surface area (Å²) in [6, 6.07) is 0. The van der Waals surface area contributed by atoms with Gasteiger partial charge in [-0.1, -0.05) is 0 Å². The summed E-state index contributed by atoms with van der Waals surface area (Å²) in [4.78, 5) is 0. The van der Waals surface area contributed by atoms with Crippen LogP contribution in [0.2, 0.25) is 0 Å². The molecule has 0 aliphatic heterocycles. The molecule has 0 spiro atoms. The van der Waals surface area contributed by atoms with Crippen molar-refractivity contribution >= 4 is 23.9 Å². The van der Waals surface area contributed by atoms with E-state index < -0.39 is 0 Å². The SMILES string of the molecule is [Cr].[Cu].[Ni].[SnH2]. The van der Waals surface area contributed by atoms with Gasteiger partial charge in [0.15, 0.2) is 0 Å². The minimum atomic E-state index is 0. The van der Waals surface area contributed by atoms with Gasteiger partial charge in [-0.05, 0) is 0 Å². The van der Waals surface area contributed by atoms with E-state index in [-0.39, 0.29) is 74.8 Å². The van der Waals surface area contributed by atoms with Gasteiger partial charge in [-0.15, -0.1) is 0 Å². The topological polar surface area (TPSA) is 0 Å². The van der Waals surface area contributed by atoms with Crippen molar-refractivity contribution in [3.8, 4) is 0 Å². The van der Waals surface area contributed by atoms with Crippen LogP contribution < -0.4 is 0 Å². The first kappa shape index (κ1) is 33.0. The van der Waals surface area contributed by atoms with Gasteiger partial charge < -0.3 is 0 Å². The van der Waals surface area contributed by atoms with E-state index in [0.29, 0.717) is 0 Å². The van der Waals surface area contributed by atoms with Crippen molar-refractivity contribution in [2.45, 2.75) is 0 Å². The Kier molecular flexibility index (Phi) is 151. The van der Waals surface area contributed by atoms with Crippen molar-refractivity contribution in [2.24, 2.45) is 0 Å². The van der Waals surface area contributed by atoms with Gasteiger partial charge in [0, 0.05) is 50.9 Å². The number of rotatable bonds is 0.